The average Bonchev–Trinajstić information content (AvgIpc) is 2.65. The summed E-state index contributed by atoms with van der Waals surface area (Å²) in [6, 6.07) is 5.07. The van der Waals surface area contributed by atoms with Gasteiger partial charge in [-0.2, -0.15) is 0 Å². The Labute approximate surface area is 102 Å². The Hall–Kier alpha value is -0.930. The lowest BCUT2D eigenvalue weighted by atomic mass is 9.85. The van der Waals surface area contributed by atoms with Gasteiger partial charge in [0.15, 0.2) is 5.79 Å². The third kappa shape index (κ3) is 2.35. The molecule has 1 fully saturated rings. The lowest BCUT2D eigenvalue weighted by molar-refractivity contribution is -0.149. The van der Waals surface area contributed by atoms with Crippen molar-refractivity contribution >= 4 is 0 Å². The Bertz CT molecular complexity index is 415. The third-order valence-electron chi connectivity index (χ3n) is 3.14. The van der Waals surface area contributed by atoms with Crippen molar-refractivity contribution in [3.05, 3.63) is 35.1 Å². The molecule has 0 spiro atoms. The van der Waals surface area contributed by atoms with Crippen LogP contribution in [0.15, 0.2) is 18.2 Å². The fourth-order valence-corrected chi connectivity index (χ4v) is 2.06. The van der Waals surface area contributed by atoms with E-state index in [-0.39, 0.29) is 11.2 Å². The molecule has 0 bridgehead atoms. The molecule has 0 amide bonds. The summed E-state index contributed by atoms with van der Waals surface area (Å²) >= 11 is 0. The third-order valence-corrected chi connectivity index (χ3v) is 3.14. The molecule has 1 aromatic rings. The van der Waals surface area contributed by atoms with Gasteiger partial charge in [0.05, 0.1) is 13.2 Å². The van der Waals surface area contributed by atoms with E-state index in [9.17, 15) is 4.39 Å². The Balaban J connectivity index is 2.44. The van der Waals surface area contributed by atoms with Crippen molar-refractivity contribution in [2.75, 3.05) is 13.2 Å². The highest BCUT2D eigenvalue weighted by Gasteiger charge is 2.34. The maximum Gasteiger partial charge on any atom is 0.192 e. The van der Waals surface area contributed by atoms with Gasteiger partial charge in [0.2, 0.25) is 0 Å². The smallest absolute Gasteiger partial charge is 0.192 e. The van der Waals surface area contributed by atoms with Gasteiger partial charge < -0.3 is 9.47 Å². The molecule has 1 saturated heterocycles. The van der Waals surface area contributed by atoms with Crippen LogP contribution in [0.2, 0.25) is 0 Å². The molecular weight excluding hydrogens is 219 g/mol. The van der Waals surface area contributed by atoms with Crippen LogP contribution in [-0.2, 0) is 20.7 Å². The van der Waals surface area contributed by atoms with Crippen molar-refractivity contribution in [3.8, 4) is 0 Å². The maximum absolute atomic E-state index is 13.8. The average molecular weight is 238 g/mol. The molecule has 1 aromatic carbocycles. The van der Waals surface area contributed by atoms with Crippen LogP contribution in [0.5, 0.6) is 0 Å². The van der Waals surface area contributed by atoms with Gasteiger partial charge in [-0.05, 0) is 30.0 Å². The number of hydrogen-bond donors (Lipinski definition) is 0. The molecule has 0 N–H and O–H groups in total. The quantitative estimate of drug-likeness (QED) is 0.747. The second-order valence-electron chi connectivity index (χ2n) is 5.59. The van der Waals surface area contributed by atoms with Crippen LogP contribution in [0.3, 0.4) is 0 Å². The first kappa shape index (κ1) is 12.5. The van der Waals surface area contributed by atoms with Crippen molar-refractivity contribution < 1.29 is 13.9 Å². The van der Waals surface area contributed by atoms with Crippen LogP contribution >= 0.6 is 0 Å². The summed E-state index contributed by atoms with van der Waals surface area (Å²) in [7, 11) is 0. The molecule has 3 heteroatoms. The van der Waals surface area contributed by atoms with Crippen LogP contribution < -0.4 is 0 Å². The molecular formula is C14H19FO2. The summed E-state index contributed by atoms with van der Waals surface area (Å²) < 4.78 is 25.0. The Morgan fingerprint density at radius 2 is 1.76 bits per heavy atom. The standard InChI is InChI=1S/C14H19FO2/c1-13(2,3)11-9-10(5-6-12(11)15)14(4)16-7-8-17-14/h5-6,9H,7-8H2,1-4H3. The number of benzene rings is 1. The second kappa shape index (κ2) is 4.07. The summed E-state index contributed by atoms with van der Waals surface area (Å²) in [5.41, 5.74) is 1.34. The fourth-order valence-electron chi connectivity index (χ4n) is 2.06. The first-order valence-electron chi connectivity index (χ1n) is 5.91. The molecule has 0 aliphatic carbocycles. The van der Waals surface area contributed by atoms with E-state index >= 15 is 0 Å². The number of halogens is 1. The first-order chi connectivity index (χ1) is 7.83. The van der Waals surface area contributed by atoms with Crippen molar-refractivity contribution in [2.45, 2.75) is 38.9 Å². The molecule has 1 aliphatic heterocycles. The summed E-state index contributed by atoms with van der Waals surface area (Å²) in [5, 5.41) is 0. The minimum atomic E-state index is -0.728. The predicted molar refractivity (Wildman–Crippen MR) is 64.4 cm³/mol. The SMILES string of the molecule is CC(C)(C)c1cc(C2(C)OCCO2)ccc1F. The Morgan fingerprint density at radius 3 is 2.29 bits per heavy atom. The number of hydrogen-bond acceptors (Lipinski definition) is 2. The van der Waals surface area contributed by atoms with E-state index in [2.05, 4.69) is 0 Å². The Kier molecular flexibility index (Phi) is 3.00. The molecule has 0 radical (unpaired) electrons. The van der Waals surface area contributed by atoms with Crippen molar-refractivity contribution in [1.29, 1.82) is 0 Å². The predicted octanol–water partition coefficient (Wildman–Crippen LogP) is 3.34. The monoisotopic (exact) mass is 238 g/mol. The molecule has 17 heavy (non-hydrogen) atoms. The summed E-state index contributed by atoms with van der Waals surface area (Å²) in [4.78, 5) is 0. The van der Waals surface area contributed by atoms with Gasteiger partial charge in [0.25, 0.3) is 0 Å². The van der Waals surface area contributed by atoms with Gasteiger partial charge in [-0.3, -0.25) is 0 Å². The van der Waals surface area contributed by atoms with Crippen molar-refractivity contribution in [2.24, 2.45) is 0 Å². The van der Waals surface area contributed by atoms with E-state index in [1.807, 2.05) is 33.8 Å². The highest BCUT2D eigenvalue weighted by molar-refractivity contribution is 5.32. The highest BCUT2D eigenvalue weighted by atomic mass is 19.1. The van der Waals surface area contributed by atoms with Crippen LogP contribution in [0, 0.1) is 5.82 Å². The minimum Gasteiger partial charge on any atom is -0.344 e. The largest absolute Gasteiger partial charge is 0.344 e. The van der Waals surface area contributed by atoms with E-state index < -0.39 is 5.79 Å². The lowest BCUT2D eigenvalue weighted by Gasteiger charge is -2.26. The summed E-state index contributed by atoms with van der Waals surface area (Å²) in [5.74, 6) is -0.906. The maximum atomic E-state index is 13.8. The van der Waals surface area contributed by atoms with E-state index in [4.69, 9.17) is 9.47 Å². The van der Waals surface area contributed by atoms with E-state index in [1.165, 1.54) is 6.07 Å². The normalized spacial score (nSPS) is 19.6. The van der Waals surface area contributed by atoms with Crippen molar-refractivity contribution in [1.82, 2.24) is 0 Å². The topological polar surface area (TPSA) is 18.5 Å². The van der Waals surface area contributed by atoms with E-state index in [0.717, 1.165) is 5.56 Å². The molecule has 1 aliphatic rings. The van der Waals surface area contributed by atoms with Crippen LogP contribution in [0.4, 0.5) is 4.39 Å². The Morgan fingerprint density at radius 1 is 1.18 bits per heavy atom. The van der Waals surface area contributed by atoms with Crippen LogP contribution in [-0.4, -0.2) is 13.2 Å². The van der Waals surface area contributed by atoms with Crippen LogP contribution in [0.1, 0.15) is 38.8 Å². The molecule has 0 aromatic heterocycles. The number of ether oxygens (including phenoxy) is 2. The van der Waals surface area contributed by atoms with Gasteiger partial charge >= 0.3 is 0 Å². The summed E-state index contributed by atoms with van der Waals surface area (Å²) in [6.07, 6.45) is 0. The zero-order valence-corrected chi connectivity index (χ0v) is 10.8. The zero-order valence-electron chi connectivity index (χ0n) is 10.8. The van der Waals surface area contributed by atoms with E-state index in [1.54, 1.807) is 6.07 Å². The molecule has 0 atom stereocenters. The minimum absolute atomic E-state index is 0.178. The molecule has 1 heterocycles. The van der Waals surface area contributed by atoms with Gasteiger partial charge in [0, 0.05) is 5.56 Å². The molecule has 0 saturated carbocycles. The lowest BCUT2D eigenvalue weighted by Crippen LogP contribution is -2.24. The second-order valence-corrected chi connectivity index (χ2v) is 5.59. The highest BCUT2D eigenvalue weighted by Crippen LogP contribution is 2.34. The summed E-state index contributed by atoms with van der Waals surface area (Å²) in [6.45, 7) is 9.02. The molecule has 2 rings (SSSR count). The van der Waals surface area contributed by atoms with Gasteiger partial charge in [0.1, 0.15) is 5.82 Å². The van der Waals surface area contributed by atoms with Crippen molar-refractivity contribution in [3.63, 3.8) is 0 Å². The fraction of sp³-hybridized carbons (Fsp3) is 0.571. The van der Waals surface area contributed by atoms with Gasteiger partial charge in [-0.25, -0.2) is 4.39 Å². The molecule has 94 valence electrons. The first-order valence-corrected chi connectivity index (χ1v) is 5.91. The van der Waals surface area contributed by atoms with Crippen LogP contribution in [0.25, 0.3) is 0 Å². The zero-order chi connectivity index (χ0) is 12.7. The van der Waals surface area contributed by atoms with Gasteiger partial charge in [-0.15, -0.1) is 0 Å². The molecule has 0 unspecified atom stereocenters. The molecule has 2 nitrogen and oxygen atoms in total. The van der Waals surface area contributed by atoms with Gasteiger partial charge in [-0.1, -0.05) is 26.8 Å². The number of rotatable bonds is 1. The van der Waals surface area contributed by atoms with E-state index in [0.29, 0.717) is 18.8 Å².